The van der Waals surface area contributed by atoms with Crippen LogP contribution in [-0.2, 0) is 0 Å². The van der Waals surface area contributed by atoms with E-state index in [4.69, 9.17) is 0 Å². The van der Waals surface area contributed by atoms with Crippen LogP contribution in [0.3, 0.4) is 0 Å². The Morgan fingerprint density at radius 1 is 1.55 bits per heavy atom. The van der Waals surface area contributed by atoms with Crippen LogP contribution in [0, 0.1) is 5.41 Å². The molecule has 0 spiro atoms. The van der Waals surface area contributed by atoms with Crippen LogP contribution in [0.1, 0.15) is 27.7 Å². The molecule has 64 valence electrons. The monoisotopic (exact) mass is 155 g/mol. The molecule has 1 N–H and O–H groups in total. The van der Waals surface area contributed by atoms with Crippen LogP contribution in [0.5, 0.6) is 0 Å². The Morgan fingerprint density at radius 3 is 2.55 bits per heavy atom. The molecular formula is C8H17N3. The van der Waals surface area contributed by atoms with Gasteiger partial charge in [0.05, 0.1) is 0 Å². The van der Waals surface area contributed by atoms with Crippen LogP contribution < -0.4 is 5.43 Å². The Kier molecular flexibility index (Phi) is 2.07. The molecule has 11 heavy (non-hydrogen) atoms. The van der Waals surface area contributed by atoms with Crippen molar-refractivity contribution in [3.63, 3.8) is 0 Å². The van der Waals surface area contributed by atoms with Crippen LogP contribution in [0.4, 0.5) is 0 Å². The predicted octanol–water partition coefficient (Wildman–Crippen LogP) is 1.23. The van der Waals surface area contributed by atoms with E-state index in [-0.39, 0.29) is 5.41 Å². The van der Waals surface area contributed by atoms with E-state index in [2.05, 4.69) is 43.1 Å². The number of hydrogen-bond acceptors (Lipinski definition) is 3. The molecule has 3 nitrogen and oxygen atoms in total. The quantitative estimate of drug-likeness (QED) is 0.616. The molecule has 0 aromatic carbocycles. The molecule has 0 radical (unpaired) electrons. The molecule has 1 rings (SSSR count). The van der Waals surface area contributed by atoms with E-state index in [1.54, 1.807) is 0 Å². The molecule has 0 saturated carbocycles. The molecule has 1 unspecified atom stereocenters. The molecule has 1 aliphatic rings. The maximum absolute atomic E-state index is 4.03. The molecule has 3 heteroatoms. The second-order valence-electron chi connectivity index (χ2n) is 3.97. The zero-order chi connectivity index (χ0) is 8.48. The van der Waals surface area contributed by atoms with Crippen molar-refractivity contribution in [1.29, 1.82) is 0 Å². The topological polar surface area (TPSA) is 27.6 Å². The summed E-state index contributed by atoms with van der Waals surface area (Å²) >= 11 is 0. The van der Waals surface area contributed by atoms with Crippen molar-refractivity contribution in [3.05, 3.63) is 0 Å². The highest BCUT2D eigenvalue weighted by Gasteiger charge is 2.30. The summed E-state index contributed by atoms with van der Waals surface area (Å²) in [6.45, 7) is 9.78. The van der Waals surface area contributed by atoms with Gasteiger partial charge in [0.2, 0.25) is 0 Å². The summed E-state index contributed by atoms with van der Waals surface area (Å²) in [4.78, 5) is 2.21. The van der Waals surface area contributed by atoms with Crippen molar-refractivity contribution < 1.29 is 0 Å². The molecule has 1 heterocycles. The fourth-order valence-corrected chi connectivity index (χ4v) is 1.27. The van der Waals surface area contributed by atoms with Gasteiger partial charge < -0.3 is 4.90 Å². The lowest BCUT2D eigenvalue weighted by Gasteiger charge is -2.33. The average molecular weight is 155 g/mol. The van der Waals surface area contributed by atoms with Crippen molar-refractivity contribution >= 4 is 6.34 Å². The normalized spacial score (nSPS) is 24.0. The largest absolute Gasteiger partial charge is 0.339 e. The van der Waals surface area contributed by atoms with E-state index >= 15 is 0 Å². The smallest absolute Gasteiger partial charge is 0.121 e. The standard InChI is InChI=1S/C8H17N3/c1-5-11-6-9-10-7(11)8(2,3)4/h6-7,10H,5H2,1-4H3. The Bertz CT molecular complexity index is 157. The van der Waals surface area contributed by atoms with Gasteiger partial charge in [0.15, 0.2) is 0 Å². The molecule has 1 aliphatic heterocycles. The number of rotatable bonds is 1. The summed E-state index contributed by atoms with van der Waals surface area (Å²) < 4.78 is 0. The van der Waals surface area contributed by atoms with Crippen LogP contribution in [0.15, 0.2) is 5.10 Å². The van der Waals surface area contributed by atoms with Crippen molar-refractivity contribution in [1.82, 2.24) is 10.3 Å². The molecule has 0 fully saturated rings. The zero-order valence-electron chi connectivity index (χ0n) is 7.76. The Hall–Kier alpha value is -0.730. The van der Waals surface area contributed by atoms with Gasteiger partial charge in [-0.2, -0.15) is 5.10 Å². The van der Waals surface area contributed by atoms with E-state index in [0.29, 0.717) is 6.17 Å². The van der Waals surface area contributed by atoms with Crippen LogP contribution >= 0.6 is 0 Å². The Balaban J connectivity index is 2.61. The summed E-state index contributed by atoms with van der Waals surface area (Å²) in [5, 5.41) is 4.03. The highest BCUT2D eigenvalue weighted by Crippen LogP contribution is 2.23. The average Bonchev–Trinajstić information content (AvgIpc) is 2.31. The fraction of sp³-hybridized carbons (Fsp3) is 0.875. The molecular weight excluding hydrogens is 138 g/mol. The second kappa shape index (κ2) is 2.72. The first-order valence-electron chi connectivity index (χ1n) is 4.10. The number of hydrogen-bond donors (Lipinski definition) is 1. The van der Waals surface area contributed by atoms with Crippen LogP contribution in [0.2, 0.25) is 0 Å². The van der Waals surface area contributed by atoms with E-state index < -0.39 is 0 Å². The van der Waals surface area contributed by atoms with Gasteiger partial charge in [-0.1, -0.05) is 20.8 Å². The summed E-state index contributed by atoms with van der Waals surface area (Å²) in [5.74, 6) is 0. The maximum Gasteiger partial charge on any atom is 0.121 e. The van der Waals surface area contributed by atoms with E-state index in [9.17, 15) is 0 Å². The summed E-state index contributed by atoms with van der Waals surface area (Å²) in [6.07, 6.45) is 2.23. The number of nitrogens with zero attached hydrogens (tertiary/aromatic N) is 2. The Labute approximate surface area is 68.5 Å². The third kappa shape index (κ3) is 1.64. The van der Waals surface area contributed by atoms with Gasteiger partial charge in [0.1, 0.15) is 12.5 Å². The zero-order valence-corrected chi connectivity index (χ0v) is 7.76. The summed E-state index contributed by atoms with van der Waals surface area (Å²) in [7, 11) is 0. The first-order chi connectivity index (χ1) is 5.05. The summed E-state index contributed by atoms with van der Waals surface area (Å²) in [6, 6.07) is 0. The SMILES string of the molecule is CCN1C=NNC1C(C)(C)C. The third-order valence-corrected chi connectivity index (χ3v) is 1.92. The highest BCUT2D eigenvalue weighted by atomic mass is 15.5. The highest BCUT2D eigenvalue weighted by molar-refractivity contribution is 5.57. The minimum absolute atomic E-state index is 0.243. The van der Waals surface area contributed by atoms with E-state index in [1.807, 2.05) is 6.34 Å². The molecule has 0 aromatic rings. The van der Waals surface area contributed by atoms with Gasteiger partial charge >= 0.3 is 0 Å². The first-order valence-corrected chi connectivity index (χ1v) is 4.10. The lowest BCUT2D eigenvalue weighted by atomic mass is 9.92. The van der Waals surface area contributed by atoms with Gasteiger partial charge in [-0.3, -0.25) is 5.43 Å². The van der Waals surface area contributed by atoms with Gasteiger partial charge in [-0.05, 0) is 6.92 Å². The van der Waals surface area contributed by atoms with Gasteiger partial charge in [-0.15, -0.1) is 0 Å². The fourth-order valence-electron chi connectivity index (χ4n) is 1.27. The molecule has 0 saturated heterocycles. The minimum atomic E-state index is 0.243. The first kappa shape index (κ1) is 8.37. The lowest BCUT2D eigenvalue weighted by Crippen LogP contribution is -2.46. The molecule has 0 amide bonds. The second-order valence-corrected chi connectivity index (χ2v) is 3.97. The minimum Gasteiger partial charge on any atom is -0.339 e. The van der Waals surface area contributed by atoms with Gasteiger partial charge in [-0.25, -0.2) is 0 Å². The molecule has 0 bridgehead atoms. The van der Waals surface area contributed by atoms with E-state index in [0.717, 1.165) is 6.54 Å². The van der Waals surface area contributed by atoms with Crippen molar-refractivity contribution in [3.8, 4) is 0 Å². The molecule has 0 aliphatic carbocycles. The molecule has 1 atom stereocenters. The van der Waals surface area contributed by atoms with Crippen molar-refractivity contribution in [2.75, 3.05) is 6.54 Å². The van der Waals surface area contributed by atoms with Gasteiger partial charge in [0.25, 0.3) is 0 Å². The lowest BCUT2D eigenvalue weighted by molar-refractivity contribution is 0.162. The van der Waals surface area contributed by atoms with Crippen LogP contribution in [0.25, 0.3) is 0 Å². The van der Waals surface area contributed by atoms with Crippen molar-refractivity contribution in [2.24, 2.45) is 10.5 Å². The number of nitrogens with one attached hydrogen (secondary N) is 1. The summed E-state index contributed by atoms with van der Waals surface area (Å²) in [5.41, 5.74) is 3.34. The van der Waals surface area contributed by atoms with Gasteiger partial charge in [0, 0.05) is 12.0 Å². The van der Waals surface area contributed by atoms with Crippen LogP contribution in [-0.4, -0.2) is 23.9 Å². The Morgan fingerprint density at radius 2 is 2.18 bits per heavy atom. The number of hydrazone groups is 1. The maximum atomic E-state index is 4.03. The predicted molar refractivity (Wildman–Crippen MR) is 47.3 cm³/mol. The van der Waals surface area contributed by atoms with Crippen molar-refractivity contribution in [2.45, 2.75) is 33.9 Å². The third-order valence-electron chi connectivity index (χ3n) is 1.92. The molecule has 0 aromatic heterocycles. The van der Waals surface area contributed by atoms with E-state index in [1.165, 1.54) is 0 Å².